The smallest absolute Gasteiger partial charge is 0.220 e. The number of halogens is 1. The van der Waals surface area contributed by atoms with Crippen LogP contribution in [0, 0.1) is 5.92 Å². The predicted octanol–water partition coefficient (Wildman–Crippen LogP) is 2.16. The highest BCUT2D eigenvalue weighted by atomic mass is 127. The van der Waals surface area contributed by atoms with Gasteiger partial charge in [0.1, 0.15) is 0 Å². The molecule has 0 saturated carbocycles. The Morgan fingerprint density at radius 3 is 2.62 bits per heavy atom. The lowest BCUT2D eigenvalue weighted by Crippen LogP contribution is -2.49. The van der Waals surface area contributed by atoms with E-state index in [1.807, 2.05) is 18.4 Å². The van der Waals surface area contributed by atoms with Crippen molar-refractivity contribution in [3.63, 3.8) is 0 Å². The Morgan fingerprint density at radius 2 is 2.03 bits per heavy atom. The van der Waals surface area contributed by atoms with E-state index in [1.54, 1.807) is 7.05 Å². The number of hydrogen-bond acceptors (Lipinski definition) is 5. The van der Waals surface area contributed by atoms with Crippen LogP contribution in [0.25, 0.3) is 0 Å². The molecule has 1 amide bonds. The van der Waals surface area contributed by atoms with Crippen LogP contribution in [0.15, 0.2) is 22.5 Å². The van der Waals surface area contributed by atoms with Crippen molar-refractivity contribution in [3.05, 3.63) is 22.4 Å². The Bertz CT molecular complexity index is 629. The fourth-order valence-corrected chi connectivity index (χ4v) is 4.87. The summed E-state index contributed by atoms with van der Waals surface area (Å²) in [5, 5.41) is 8.49. The van der Waals surface area contributed by atoms with Gasteiger partial charge in [0, 0.05) is 58.1 Å². The van der Waals surface area contributed by atoms with Crippen LogP contribution in [0.4, 0.5) is 0 Å². The van der Waals surface area contributed by atoms with Gasteiger partial charge in [-0.25, -0.2) is 0 Å². The molecule has 0 spiro atoms. The lowest BCUT2D eigenvalue weighted by Gasteiger charge is -2.37. The molecule has 0 aliphatic carbocycles. The van der Waals surface area contributed by atoms with E-state index < -0.39 is 0 Å². The number of likely N-dealkylation sites (tertiary alicyclic amines) is 1. The summed E-state index contributed by atoms with van der Waals surface area (Å²) in [4.78, 5) is 22.4. The molecule has 2 fully saturated rings. The summed E-state index contributed by atoms with van der Waals surface area (Å²) >= 11 is 1.81. The molecule has 2 aliphatic heterocycles. The topological polar surface area (TPSA) is 69.2 Å². The SMILES string of the molecule is CN=C(NCC(c1cccs1)N1CCOCC1)N1CCC(CC(=O)NC)CC1.I. The molecule has 1 unspecified atom stereocenters. The number of piperidine rings is 1. The lowest BCUT2D eigenvalue weighted by molar-refractivity contribution is -0.121. The highest BCUT2D eigenvalue weighted by Gasteiger charge is 2.26. The maximum atomic E-state index is 11.6. The minimum absolute atomic E-state index is 0. The summed E-state index contributed by atoms with van der Waals surface area (Å²) in [5.41, 5.74) is 0. The van der Waals surface area contributed by atoms with Gasteiger partial charge in [-0.15, -0.1) is 35.3 Å². The molecule has 2 saturated heterocycles. The Morgan fingerprint density at radius 1 is 1.31 bits per heavy atom. The normalized spacial score (nSPS) is 20.1. The molecule has 3 heterocycles. The standard InChI is InChI=1S/C20H33N5O2S.HI/c1-21-19(26)14-16-5-7-25(8-6-16)20(22-2)23-15-17(18-4-3-13-28-18)24-9-11-27-12-10-24;/h3-4,13,16-17H,5-12,14-15H2,1-2H3,(H,21,26)(H,22,23);1H. The second-order valence-corrected chi connectivity index (χ2v) is 8.39. The minimum atomic E-state index is 0. The van der Waals surface area contributed by atoms with Crippen LogP contribution in [0.2, 0.25) is 0 Å². The van der Waals surface area contributed by atoms with Crippen molar-refractivity contribution < 1.29 is 9.53 Å². The van der Waals surface area contributed by atoms with E-state index in [4.69, 9.17) is 4.74 Å². The Labute approximate surface area is 195 Å². The molecule has 2 aliphatic rings. The predicted molar refractivity (Wildman–Crippen MR) is 129 cm³/mol. The van der Waals surface area contributed by atoms with Gasteiger partial charge in [0.25, 0.3) is 0 Å². The van der Waals surface area contributed by atoms with Crippen molar-refractivity contribution in [2.24, 2.45) is 10.9 Å². The average molecular weight is 535 g/mol. The molecule has 29 heavy (non-hydrogen) atoms. The molecule has 1 aromatic rings. The molecular formula is C20H34IN5O2S. The summed E-state index contributed by atoms with van der Waals surface area (Å²) in [6, 6.07) is 4.69. The number of carbonyl (C=O) groups is 1. The summed E-state index contributed by atoms with van der Waals surface area (Å²) in [5.74, 6) is 1.58. The van der Waals surface area contributed by atoms with Gasteiger partial charge in [0.2, 0.25) is 5.91 Å². The molecule has 0 aromatic carbocycles. The third kappa shape index (κ3) is 7.08. The highest BCUT2D eigenvalue weighted by Crippen LogP contribution is 2.26. The monoisotopic (exact) mass is 535 g/mol. The first-order chi connectivity index (χ1) is 13.7. The van der Waals surface area contributed by atoms with Crippen LogP contribution in [-0.4, -0.2) is 81.7 Å². The number of aliphatic imine (C=N–C) groups is 1. The molecule has 3 rings (SSSR count). The summed E-state index contributed by atoms with van der Waals surface area (Å²) in [6.07, 6.45) is 2.70. The minimum Gasteiger partial charge on any atom is -0.379 e. The van der Waals surface area contributed by atoms with E-state index in [-0.39, 0.29) is 29.9 Å². The van der Waals surface area contributed by atoms with Gasteiger partial charge in [-0.3, -0.25) is 14.7 Å². The zero-order valence-corrected chi connectivity index (χ0v) is 20.6. The fraction of sp³-hybridized carbons (Fsp3) is 0.700. The maximum absolute atomic E-state index is 11.6. The number of nitrogens with zero attached hydrogens (tertiary/aromatic N) is 3. The number of hydrogen-bond donors (Lipinski definition) is 2. The molecule has 0 bridgehead atoms. The molecule has 9 heteroatoms. The molecule has 0 radical (unpaired) electrons. The zero-order chi connectivity index (χ0) is 19.8. The van der Waals surface area contributed by atoms with Crippen LogP contribution >= 0.6 is 35.3 Å². The van der Waals surface area contributed by atoms with Crippen molar-refractivity contribution in [3.8, 4) is 0 Å². The molecule has 7 nitrogen and oxygen atoms in total. The van der Waals surface area contributed by atoms with Gasteiger partial charge in [-0.05, 0) is 30.2 Å². The first-order valence-corrected chi connectivity index (χ1v) is 11.1. The van der Waals surface area contributed by atoms with Crippen molar-refractivity contribution in [2.45, 2.75) is 25.3 Å². The molecule has 164 valence electrons. The molecule has 1 atom stereocenters. The number of nitrogens with one attached hydrogen (secondary N) is 2. The Balaban J connectivity index is 0.00000300. The van der Waals surface area contributed by atoms with Crippen LogP contribution in [-0.2, 0) is 9.53 Å². The fourth-order valence-electron chi connectivity index (χ4n) is 4.01. The number of ether oxygens (including phenoxy) is 1. The number of amides is 1. The van der Waals surface area contributed by atoms with Crippen LogP contribution < -0.4 is 10.6 Å². The van der Waals surface area contributed by atoms with Crippen LogP contribution in [0.1, 0.15) is 30.2 Å². The van der Waals surface area contributed by atoms with Crippen molar-refractivity contribution in [1.82, 2.24) is 20.4 Å². The summed E-state index contributed by atoms with van der Waals surface area (Å²) in [6.45, 7) is 6.27. The Kier molecular flexibility index (Phi) is 10.7. The third-order valence-electron chi connectivity index (χ3n) is 5.69. The second kappa shape index (κ2) is 12.7. The highest BCUT2D eigenvalue weighted by molar-refractivity contribution is 14.0. The number of thiophene rings is 1. The van der Waals surface area contributed by atoms with Crippen LogP contribution in [0.5, 0.6) is 0 Å². The first kappa shape index (κ1) is 24.4. The van der Waals surface area contributed by atoms with Crippen molar-refractivity contribution in [2.75, 3.05) is 60.0 Å². The van der Waals surface area contributed by atoms with Crippen molar-refractivity contribution in [1.29, 1.82) is 0 Å². The van der Waals surface area contributed by atoms with Gasteiger partial charge in [-0.1, -0.05) is 6.07 Å². The summed E-state index contributed by atoms with van der Waals surface area (Å²) in [7, 11) is 3.57. The Hall–Kier alpha value is -0.910. The lowest BCUT2D eigenvalue weighted by atomic mass is 9.93. The van der Waals surface area contributed by atoms with E-state index in [2.05, 4.69) is 42.9 Å². The molecule has 1 aromatic heterocycles. The molecular weight excluding hydrogens is 501 g/mol. The van der Waals surface area contributed by atoms with Gasteiger partial charge in [-0.2, -0.15) is 0 Å². The van der Waals surface area contributed by atoms with Gasteiger partial charge < -0.3 is 20.3 Å². The van der Waals surface area contributed by atoms with Gasteiger partial charge in [0.15, 0.2) is 5.96 Å². The summed E-state index contributed by atoms with van der Waals surface area (Å²) < 4.78 is 5.54. The van der Waals surface area contributed by atoms with E-state index in [0.29, 0.717) is 18.4 Å². The van der Waals surface area contributed by atoms with Crippen LogP contribution in [0.3, 0.4) is 0 Å². The second-order valence-electron chi connectivity index (χ2n) is 7.42. The average Bonchev–Trinajstić information content (AvgIpc) is 3.27. The van der Waals surface area contributed by atoms with E-state index >= 15 is 0 Å². The van der Waals surface area contributed by atoms with Crippen molar-refractivity contribution >= 4 is 47.2 Å². The maximum Gasteiger partial charge on any atom is 0.220 e. The molecule has 2 N–H and O–H groups in total. The van der Waals surface area contributed by atoms with Gasteiger partial charge in [0.05, 0.1) is 19.3 Å². The third-order valence-corrected chi connectivity index (χ3v) is 6.66. The zero-order valence-electron chi connectivity index (χ0n) is 17.4. The van der Waals surface area contributed by atoms with E-state index in [0.717, 1.165) is 64.7 Å². The number of carbonyl (C=O) groups excluding carboxylic acids is 1. The number of morpholine rings is 1. The van der Waals surface area contributed by atoms with E-state index in [1.165, 1.54) is 4.88 Å². The number of rotatable bonds is 6. The quantitative estimate of drug-likeness (QED) is 0.332. The number of guanidine groups is 1. The van der Waals surface area contributed by atoms with E-state index in [9.17, 15) is 4.79 Å². The largest absolute Gasteiger partial charge is 0.379 e. The van der Waals surface area contributed by atoms with Gasteiger partial charge >= 0.3 is 0 Å². The first-order valence-electron chi connectivity index (χ1n) is 10.2.